The fraction of sp³-hybridized carbons (Fsp3) is 0.217. The molecule has 2 aromatic carbocycles. The van der Waals surface area contributed by atoms with Crippen LogP contribution in [0.2, 0.25) is 5.02 Å². The van der Waals surface area contributed by atoms with Crippen molar-refractivity contribution in [1.29, 1.82) is 0 Å². The molecular formula is C23H22ClF2N5O3. The zero-order valence-electron chi connectivity index (χ0n) is 18.7. The summed E-state index contributed by atoms with van der Waals surface area (Å²) >= 11 is 6.12. The van der Waals surface area contributed by atoms with Crippen LogP contribution in [0.4, 0.5) is 14.5 Å². The Bertz CT molecular complexity index is 1350. The van der Waals surface area contributed by atoms with Gasteiger partial charge in [0.15, 0.2) is 11.7 Å². The second kappa shape index (κ2) is 10.1. The first-order chi connectivity index (χ1) is 16.1. The molecule has 1 aromatic heterocycles. The number of aliphatic hydroxyl groups is 1. The Morgan fingerprint density at radius 2 is 2.00 bits per heavy atom. The number of amides is 1. The lowest BCUT2D eigenvalue weighted by Gasteiger charge is -2.21. The van der Waals surface area contributed by atoms with Crippen LogP contribution in [-0.4, -0.2) is 52.2 Å². The summed E-state index contributed by atoms with van der Waals surface area (Å²) in [6.07, 6.45) is 0.499. The average molecular weight is 490 g/mol. The third-order valence-electron chi connectivity index (χ3n) is 5.07. The summed E-state index contributed by atoms with van der Waals surface area (Å²) < 4.78 is 30.5. The van der Waals surface area contributed by atoms with E-state index in [1.807, 2.05) is 0 Å². The molecule has 0 aliphatic carbocycles. The number of carbonyl (C=O) groups excluding carboxylic acids is 1. The molecule has 0 spiro atoms. The largest absolute Gasteiger partial charge is 0.388 e. The minimum Gasteiger partial charge on any atom is -0.388 e. The number of likely N-dealkylation sites (N-methyl/N-ethyl adjacent to an activating group) is 1. The number of aliphatic hydroxyl groups excluding tert-OH is 1. The number of hydrogen-bond acceptors (Lipinski definition) is 6. The molecule has 0 fully saturated rings. The van der Waals surface area contributed by atoms with Gasteiger partial charge in [0.1, 0.15) is 18.1 Å². The Hall–Kier alpha value is -3.63. The predicted octanol–water partition coefficient (Wildman–Crippen LogP) is 3.57. The number of hydrazone groups is 1. The van der Waals surface area contributed by atoms with Crippen LogP contribution in [0.25, 0.3) is 22.0 Å². The molecule has 0 aliphatic heterocycles. The smallest absolute Gasteiger partial charge is 0.279 e. The minimum absolute atomic E-state index is 0.00218. The number of allylic oxidation sites excluding steroid dienone is 1. The monoisotopic (exact) mass is 489 g/mol. The van der Waals surface area contributed by atoms with E-state index in [1.165, 1.54) is 25.2 Å². The maximum atomic E-state index is 15.1. The van der Waals surface area contributed by atoms with Crippen LogP contribution in [0.3, 0.4) is 0 Å². The number of para-hydroxylation sites is 1. The summed E-state index contributed by atoms with van der Waals surface area (Å²) in [5.74, 6) is -1.58. The highest BCUT2D eigenvalue weighted by atomic mass is 35.5. The Kier molecular flexibility index (Phi) is 7.43. The Balaban J connectivity index is 2.29. The van der Waals surface area contributed by atoms with Gasteiger partial charge in [0, 0.05) is 19.0 Å². The van der Waals surface area contributed by atoms with E-state index in [2.05, 4.69) is 16.8 Å². The van der Waals surface area contributed by atoms with E-state index < -0.39 is 23.8 Å². The second-order valence-corrected chi connectivity index (χ2v) is 7.76. The molecule has 0 saturated carbocycles. The molecule has 178 valence electrons. The molecule has 0 aliphatic rings. The Morgan fingerprint density at radius 3 is 2.56 bits per heavy atom. The lowest BCUT2D eigenvalue weighted by atomic mass is 10.1. The fourth-order valence-corrected chi connectivity index (χ4v) is 3.62. The van der Waals surface area contributed by atoms with Crippen LogP contribution in [0.1, 0.15) is 19.5 Å². The quantitative estimate of drug-likeness (QED) is 0.237. The van der Waals surface area contributed by atoms with Crippen LogP contribution in [0.15, 0.2) is 46.8 Å². The molecule has 11 heteroatoms. The summed E-state index contributed by atoms with van der Waals surface area (Å²) in [5.41, 5.74) is -0.434. The molecule has 0 atom stereocenters. The summed E-state index contributed by atoms with van der Waals surface area (Å²) in [6, 6.07) is 6.28. The number of halogens is 3. The lowest BCUT2D eigenvalue weighted by molar-refractivity contribution is -0.114. The molecule has 0 bridgehead atoms. The van der Waals surface area contributed by atoms with E-state index in [1.54, 1.807) is 13.8 Å². The normalized spacial score (nSPS) is 11.6. The number of aromatic nitrogens is 2. The third kappa shape index (κ3) is 4.55. The summed E-state index contributed by atoms with van der Waals surface area (Å²) in [7, 11) is 1.42. The number of rotatable bonds is 7. The van der Waals surface area contributed by atoms with E-state index in [0.717, 1.165) is 26.7 Å². The van der Waals surface area contributed by atoms with Crippen molar-refractivity contribution >= 4 is 45.9 Å². The number of anilines is 1. The summed E-state index contributed by atoms with van der Waals surface area (Å²) in [6.45, 7) is 6.89. The molecule has 1 N–H and O–H groups in total. The summed E-state index contributed by atoms with van der Waals surface area (Å²) in [4.78, 5) is 25.6. The SMILES string of the molecule is C=C(C)c1nn(-c2c(F)cccc2Cl)c(=O)c2cc(F)c(N(C)/N=C(/CO)N(C=O)CC)cc12. The maximum Gasteiger partial charge on any atom is 0.279 e. The molecule has 3 aromatic rings. The highest BCUT2D eigenvalue weighted by molar-refractivity contribution is 6.32. The van der Waals surface area contributed by atoms with Gasteiger partial charge in [-0.2, -0.15) is 14.9 Å². The molecule has 8 nitrogen and oxygen atoms in total. The molecule has 0 unspecified atom stereocenters. The van der Waals surface area contributed by atoms with Crippen LogP contribution in [0, 0.1) is 11.6 Å². The van der Waals surface area contributed by atoms with Gasteiger partial charge in [-0.25, -0.2) is 8.78 Å². The number of hydrogen-bond donors (Lipinski definition) is 1. The maximum absolute atomic E-state index is 15.1. The molecule has 34 heavy (non-hydrogen) atoms. The topological polar surface area (TPSA) is 91.0 Å². The van der Waals surface area contributed by atoms with Gasteiger partial charge >= 0.3 is 0 Å². The standard InChI is InChI=1S/C23H22ClF2N5O3/c1-5-30(12-33)20(11-32)27-29(4)19-10-14-15(9-18(19)26)23(34)31(28-21(14)13(2)3)22-16(24)7-6-8-17(22)25/h6-10,12,32H,2,5,11H2,1,3-4H3/b27-20-. The third-order valence-corrected chi connectivity index (χ3v) is 5.38. The highest BCUT2D eigenvalue weighted by Gasteiger charge is 2.21. The van der Waals surface area contributed by atoms with Crippen LogP contribution in [0.5, 0.6) is 0 Å². The van der Waals surface area contributed by atoms with E-state index >= 15 is 4.39 Å². The molecule has 1 amide bonds. The van der Waals surface area contributed by atoms with Crippen molar-refractivity contribution in [1.82, 2.24) is 14.7 Å². The van der Waals surface area contributed by atoms with Crippen molar-refractivity contribution in [2.24, 2.45) is 5.10 Å². The summed E-state index contributed by atoms with van der Waals surface area (Å²) in [5, 5.41) is 19.2. The zero-order chi connectivity index (χ0) is 25.2. The van der Waals surface area contributed by atoms with E-state index in [-0.39, 0.29) is 45.2 Å². The number of fused-ring (bicyclic) bond motifs is 1. The number of carbonyl (C=O) groups is 1. The first-order valence-electron chi connectivity index (χ1n) is 10.1. The van der Waals surface area contributed by atoms with Crippen molar-refractivity contribution < 1.29 is 18.7 Å². The van der Waals surface area contributed by atoms with Gasteiger partial charge in [0.25, 0.3) is 5.56 Å². The van der Waals surface area contributed by atoms with Gasteiger partial charge < -0.3 is 5.11 Å². The Labute approximate surface area is 199 Å². The van der Waals surface area contributed by atoms with Crippen molar-refractivity contribution in [3.63, 3.8) is 0 Å². The highest BCUT2D eigenvalue weighted by Crippen LogP contribution is 2.30. The molecule has 0 saturated heterocycles. The predicted molar refractivity (Wildman–Crippen MR) is 128 cm³/mol. The zero-order valence-corrected chi connectivity index (χ0v) is 19.5. The van der Waals surface area contributed by atoms with Gasteiger partial charge in [-0.05, 0) is 43.7 Å². The molecular weight excluding hydrogens is 468 g/mol. The van der Waals surface area contributed by atoms with Gasteiger partial charge in [0.2, 0.25) is 6.41 Å². The Morgan fingerprint density at radius 1 is 1.29 bits per heavy atom. The molecule has 1 heterocycles. The van der Waals surface area contributed by atoms with Crippen LogP contribution < -0.4 is 10.6 Å². The number of benzene rings is 2. The van der Waals surface area contributed by atoms with Crippen LogP contribution in [-0.2, 0) is 4.79 Å². The lowest BCUT2D eigenvalue weighted by Crippen LogP contribution is -2.34. The minimum atomic E-state index is -0.813. The molecule has 0 radical (unpaired) electrons. The van der Waals surface area contributed by atoms with Gasteiger partial charge in [-0.3, -0.25) is 19.5 Å². The first-order valence-corrected chi connectivity index (χ1v) is 10.5. The van der Waals surface area contributed by atoms with Gasteiger partial charge in [-0.1, -0.05) is 24.2 Å². The average Bonchev–Trinajstić information content (AvgIpc) is 2.79. The van der Waals surface area contributed by atoms with E-state index in [0.29, 0.717) is 12.0 Å². The molecule has 3 rings (SSSR count). The second-order valence-electron chi connectivity index (χ2n) is 7.35. The van der Waals surface area contributed by atoms with Crippen molar-refractivity contribution in [3.05, 3.63) is 69.6 Å². The number of amidine groups is 1. The van der Waals surface area contributed by atoms with Crippen molar-refractivity contribution in [3.8, 4) is 5.69 Å². The van der Waals surface area contributed by atoms with E-state index in [9.17, 15) is 19.1 Å². The fourth-order valence-electron chi connectivity index (χ4n) is 3.38. The van der Waals surface area contributed by atoms with E-state index in [4.69, 9.17) is 11.6 Å². The van der Waals surface area contributed by atoms with Crippen molar-refractivity contribution in [2.75, 3.05) is 25.2 Å². The van der Waals surface area contributed by atoms with Gasteiger partial charge in [-0.15, -0.1) is 0 Å². The van der Waals surface area contributed by atoms with Crippen LogP contribution >= 0.6 is 11.6 Å². The van der Waals surface area contributed by atoms with Gasteiger partial charge in [0.05, 0.1) is 21.8 Å². The number of nitrogens with zero attached hydrogens (tertiary/aromatic N) is 5. The van der Waals surface area contributed by atoms with Crippen molar-refractivity contribution in [2.45, 2.75) is 13.8 Å². The first kappa shape index (κ1) is 25.0.